The smallest absolute Gasteiger partial charge is 0.309 e. The van der Waals surface area contributed by atoms with Crippen molar-refractivity contribution in [3.8, 4) is 22.7 Å². The molecule has 1 aromatic heterocycles. The lowest BCUT2D eigenvalue weighted by Crippen LogP contribution is -2.22. The average Bonchev–Trinajstić information content (AvgIpc) is 3.09. The van der Waals surface area contributed by atoms with Crippen molar-refractivity contribution in [3.63, 3.8) is 0 Å². The molecule has 4 rings (SSSR count). The Morgan fingerprint density at radius 2 is 2.08 bits per heavy atom. The van der Waals surface area contributed by atoms with E-state index in [1.807, 2.05) is 47.2 Å². The van der Waals surface area contributed by atoms with Crippen LogP contribution in [-0.2, 0) is 9.53 Å². The van der Waals surface area contributed by atoms with Crippen LogP contribution in [0.3, 0.4) is 0 Å². The Bertz CT molecular complexity index is 937. The molecule has 0 N–H and O–H groups in total. The number of halogens is 1. The monoisotopic (exact) mass is 354 g/mol. The second kappa shape index (κ2) is 6.26. The van der Waals surface area contributed by atoms with Crippen LogP contribution in [0.15, 0.2) is 54.7 Å². The molecule has 1 atom stereocenters. The zero-order valence-electron chi connectivity index (χ0n) is 13.5. The number of fused-ring (bicyclic) bond motifs is 3. The van der Waals surface area contributed by atoms with Crippen LogP contribution in [0.4, 0.5) is 0 Å². The first-order chi connectivity index (χ1) is 12.2. The third-order valence-corrected chi connectivity index (χ3v) is 4.36. The Hall–Kier alpha value is -2.79. The molecule has 0 saturated heterocycles. The van der Waals surface area contributed by atoms with Crippen molar-refractivity contribution < 1.29 is 14.3 Å². The average molecular weight is 355 g/mol. The lowest BCUT2D eigenvalue weighted by Gasteiger charge is -2.26. The number of hydrogen-bond acceptors (Lipinski definition) is 4. The summed E-state index contributed by atoms with van der Waals surface area (Å²) in [5, 5.41) is 0.606. The van der Waals surface area contributed by atoms with Crippen molar-refractivity contribution in [3.05, 3.63) is 65.6 Å². The zero-order chi connectivity index (χ0) is 17.4. The highest BCUT2D eigenvalue weighted by molar-refractivity contribution is 6.30. The van der Waals surface area contributed by atoms with E-state index in [2.05, 4.69) is 0 Å². The molecular weight excluding hydrogens is 340 g/mol. The molecule has 6 heteroatoms. The fraction of sp³-hybridized carbons (Fsp3) is 0.158. The zero-order valence-corrected chi connectivity index (χ0v) is 14.2. The Morgan fingerprint density at radius 1 is 1.28 bits per heavy atom. The molecule has 0 spiro atoms. The molecular formula is C19H15ClN2O3. The van der Waals surface area contributed by atoms with Crippen LogP contribution in [0.5, 0.6) is 5.75 Å². The van der Waals surface area contributed by atoms with E-state index < -0.39 is 6.10 Å². The van der Waals surface area contributed by atoms with Crippen molar-refractivity contribution in [2.45, 2.75) is 12.5 Å². The van der Waals surface area contributed by atoms with E-state index >= 15 is 0 Å². The molecule has 0 aliphatic carbocycles. The van der Waals surface area contributed by atoms with E-state index in [1.165, 1.54) is 7.11 Å². The van der Waals surface area contributed by atoms with Crippen LogP contribution >= 0.6 is 11.6 Å². The number of imidazole rings is 1. The summed E-state index contributed by atoms with van der Waals surface area (Å²) in [7, 11) is 1.36. The van der Waals surface area contributed by atoms with Gasteiger partial charge in [-0.25, -0.2) is 4.98 Å². The van der Waals surface area contributed by atoms with Gasteiger partial charge in [0.05, 0.1) is 24.9 Å². The standard InChI is InChI=1S/C19H15ClN2O3/c1-24-18(23)10-17-19-21-14(12-5-3-2-4-6-12)11-22(19)15-9-13(20)7-8-16(15)25-17/h2-9,11,17H,10H2,1H3/t17-/m0/s1. The summed E-state index contributed by atoms with van der Waals surface area (Å²) in [6.45, 7) is 0. The number of carbonyl (C=O) groups excluding carboxylic acids is 1. The van der Waals surface area contributed by atoms with Crippen LogP contribution in [0.1, 0.15) is 18.3 Å². The topological polar surface area (TPSA) is 53.4 Å². The lowest BCUT2D eigenvalue weighted by molar-refractivity contribution is -0.142. The van der Waals surface area contributed by atoms with Crippen molar-refractivity contribution in [2.24, 2.45) is 0 Å². The first-order valence-electron chi connectivity index (χ1n) is 7.84. The number of methoxy groups -OCH3 is 1. The van der Waals surface area contributed by atoms with Gasteiger partial charge < -0.3 is 9.47 Å². The minimum Gasteiger partial charge on any atom is -0.480 e. The van der Waals surface area contributed by atoms with Gasteiger partial charge in [-0.2, -0.15) is 0 Å². The normalized spacial score (nSPS) is 15.0. The summed E-state index contributed by atoms with van der Waals surface area (Å²) in [6.07, 6.45) is 1.51. The van der Waals surface area contributed by atoms with Crippen LogP contribution in [0, 0.1) is 0 Å². The third kappa shape index (κ3) is 2.87. The van der Waals surface area contributed by atoms with Crippen molar-refractivity contribution in [1.82, 2.24) is 9.55 Å². The highest BCUT2D eigenvalue weighted by atomic mass is 35.5. The molecule has 5 nitrogen and oxygen atoms in total. The molecule has 0 saturated carbocycles. The summed E-state index contributed by atoms with van der Waals surface area (Å²) in [5.41, 5.74) is 2.60. The number of hydrogen-bond donors (Lipinski definition) is 0. The molecule has 2 aromatic carbocycles. The fourth-order valence-corrected chi connectivity index (χ4v) is 3.08. The van der Waals surface area contributed by atoms with Gasteiger partial charge in [0, 0.05) is 16.8 Å². The van der Waals surface area contributed by atoms with Gasteiger partial charge in [0.15, 0.2) is 11.9 Å². The minimum absolute atomic E-state index is 0.0871. The molecule has 0 unspecified atom stereocenters. The molecule has 126 valence electrons. The van der Waals surface area contributed by atoms with Gasteiger partial charge in [-0.1, -0.05) is 41.9 Å². The largest absolute Gasteiger partial charge is 0.480 e. The van der Waals surface area contributed by atoms with E-state index in [9.17, 15) is 4.79 Å². The maximum Gasteiger partial charge on any atom is 0.309 e. The Labute approximate surface area is 149 Å². The highest BCUT2D eigenvalue weighted by Gasteiger charge is 2.31. The van der Waals surface area contributed by atoms with Crippen LogP contribution < -0.4 is 4.74 Å². The van der Waals surface area contributed by atoms with Gasteiger partial charge in [0.25, 0.3) is 0 Å². The molecule has 2 heterocycles. The molecule has 0 bridgehead atoms. The van der Waals surface area contributed by atoms with E-state index in [4.69, 9.17) is 26.1 Å². The predicted molar refractivity (Wildman–Crippen MR) is 94.0 cm³/mol. The molecule has 0 radical (unpaired) electrons. The van der Waals surface area contributed by atoms with Crippen molar-refractivity contribution in [2.75, 3.05) is 7.11 Å². The van der Waals surface area contributed by atoms with Gasteiger partial charge in [-0.05, 0) is 18.2 Å². The van der Waals surface area contributed by atoms with Crippen molar-refractivity contribution in [1.29, 1.82) is 0 Å². The Morgan fingerprint density at radius 3 is 2.84 bits per heavy atom. The third-order valence-electron chi connectivity index (χ3n) is 4.12. The minimum atomic E-state index is -0.515. The number of aromatic nitrogens is 2. The number of nitrogens with zero attached hydrogens (tertiary/aromatic N) is 2. The van der Waals surface area contributed by atoms with E-state index in [0.29, 0.717) is 16.6 Å². The quantitative estimate of drug-likeness (QED) is 0.662. The number of carbonyl (C=O) groups is 1. The summed E-state index contributed by atoms with van der Waals surface area (Å²) >= 11 is 6.15. The SMILES string of the molecule is COC(=O)C[C@@H]1Oc2ccc(Cl)cc2-n2cc(-c3ccccc3)nc21. The molecule has 0 fully saturated rings. The predicted octanol–water partition coefficient (Wildman–Crippen LogP) is 4.19. The number of esters is 1. The second-order valence-electron chi connectivity index (χ2n) is 5.72. The van der Waals surface area contributed by atoms with E-state index in [0.717, 1.165) is 16.9 Å². The molecule has 3 aromatic rings. The molecule has 0 amide bonds. The fourth-order valence-electron chi connectivity index (χ4n) is 2.91. The number of rotatable bonds is 3. The van der Waals surface area contributed by atoms with Gasteiger partial charge in [0.1, 0.15) is 5.75 Å². The van der Waals surface area contributed by atoms with Gasteiger partial charge in [-0.3, -0.25) is 9.36 Å². The van der Waals surface area contributed by atoms with Crippen molar-refractivity contribution >= 4 is 17.6 Å². The Kier molecular flexibility index (Phi) is 3.93. The molecule has 1 aliphatic rings. The number of benzene rings is 2. The molecule has 1 aliphatic heterocycles. The molecule has 25 heavy (non-hydrogen) atoms. The van der Waals surface area contributed by atoms with Crippen LogP contribution in [0.2, 0.25) is 5.02 Å². The number of ether oxygens (including phenoxy) is 2. The van der Waals surface area contributed by atoms with Gasteiger partial charge >= 0.3 is 5.97 Å². The first kappa shape index (κ1) is 15.7. The summed E-state index contributed by atoms with van der Waals surface area (Å²) in [5.74, 6) is 0.958. The summed E-state index contributed by atoms with van der Waals surface area (Å²) < 4.78 is 12.7. The van der Waals surface area contributed by atoms with E-state index in [1.54, 1.807) is 12.1 Å². The Balaban J connectivity index is 1.84. The highest BCUT2D eigenvalue weighted by Crippen LogP contribution is 2.39. The van der Waals surface area contributed by atoms with Crippen LogP contribution in [-0.4, -0.2) is 22.6 Å². The first-order valence-corrected chi connectivity index (χ1v) is 8.21. The summed E-state index contributed by atoms with van der Waals surface area (Å²) in [6, 6.07) is 15.2. The van der Waals surface area contributed by atoms with Gasteiger partial charge in [-0.15, -0.1) is 0 Å². The second-order valence-corrected chi connectivity index (χ2v) is 6.16. The maximum absolute atomic E-state index is 11.8. The van der Waals surface area contributed by atoms with Crippen LogP contribution in [0.25, 0.3) is 16.9 Å². The maximum atomic E-state index is 11.8. The summed E-state index contributed by atoms with van der Waals surface area (Å²) in [4.78, 5) is 16.5. The van der Waals surface area contributed by atoms with Gasteiger partial charge in [0.2, 0.25) is 0 Å². The lowest BCUT2D eigenvalue weighted by atomic mass is 10.1. The van der Waals surface area contributed by atoms with E-state index in [-0.39, 0.29) is 12.4 Å².